The first-order valence-corrected chi connectivity index (χ1v) is 8.36. The Morgan fingerprint density at radius 1 is 1.48 bits per heavy atom. The van der Waals surface area contributed by atoms with E-state index in [2.05, 4.69) is 0 Å². The van der Waals surface area contributed by atoms with E-state index in [1.165, 1.54) is 0 Å². The Morgan fingerprint density at radius 2 is 2.30 bits per heavy atom. The van der Waals surface area contributed by atoms with Crippen molar-refractivity contribution < 1.29 is 19.4 Å². The van der Waals surface area contributed by atoms with E-state index < -0.39 is 11.2 Å². The minimum atomic E-state index is -1.57. The molecule has 0 unspecified atom stereocenters. The quantitative estimate of drug-likeness (QED) is 0.914. The van der Waals surface area contributed by atoms with Crippen LogP contribution in [0.3, 0.4) is 0 Å². The third kappa shape index (κ3) is 3.11. The molecule has 2 saturated heterocycles. The van der Waals surface area contributed by atoms with Crippen molar-refractivity contribution in [3.8, 4) is 0 Å². The lowest BCUT2D eigenvalue weighted by molar-refractivity contribution is -0.169. The molecule has 3 rings (SSSR count). The highest BCUT2D eigenvalue weighted by Gasteiger charge is 2.46. The normalized spacial score (nSPS) is 27.2. The number of rotatable bonds is 3. The number of nitrogens with zero attached hydrogens (tertiary/aromatic N) is 1. The Bertz CT molecular complexity index is 588. The van der Waals surface area contributed by atoms with E-state index in [1.54, 1.807) is 36.1 Å². The number of amides is 1. The lowest BCUT2D eigenvalue weighted by Crippen LogP contribution is -2.58. The highest BCUT2D eigenvalue weighted by molar-refractivity contribution is 6.30. The lowest BCUT2D eigenvalue weighted by atomic mass is 9.88. The summed E-state index contributed by atoms with van der Waals surface area (Å²) in [5, 5.41) is 11.6. The maximum atomic E-state index is 13.0. The second kappa shape index (κ2) is 6.40. The van der Waals surface area contributed by atoms with Crippen molar-refractivity contribution in [3.05, 3.63) is 34.9 Å². The van der Waals surface area contributed by atoms with Gasteiger partial charge < -0.3 is 19.5 Å². The van der Waals surface area contributed by atoms with Crippen LogP contribution >= 0.6 is 11.6 Å². The van der Waals surface area contributed by atoms with Crippen LogP contribution in [-0.2, 0) is 19.9 Å². The summed E-state index contributed by atoms with van der Waals surface area (Å²) in [4.78, 5) is 14.7. The molecule has 1 amide bonds. The predicted molar refractivity (Wildman–Crippen MR) is 86.3 cm³/mol. The molecule has 2 atom stereocenters. The SMILES string of the molecule is CC[C@](O)(C(=O)N1CCO[C@]2(CCOC2)C1)c1cccc(Cl)c1. The van der Waals surface area contributed by atoms with Crippen LogP contribution in [0.4, 0.5) is 0 Å². The molecule has 0 aliphatic carbocycles. The van der Waals surface area contributed by atoms with Gasteiger partial charge in [0, 0.05) is 24.6 Å². The highest BCUT2D eigenvalue weighted by Crippen LogP contribution is 2.33. The summed E-state index contributed by atoms with van der Waals surface area (Å²) >= 11 is 6.02. The fraction of sp³-hybridized carbons (Fsp3) is 0.588. The van der Waals surface area contributed by atoms with E-state index in [9.17, 15) is 9.90 Å². The maximum absolute atomic E-state index is 13.0. The van der Waals surface area contributed by atoms with Gasteiger partial charge in [0.15, 0.2) is 5.60 Å². The Labute approximate surface area is 141 Å². The van der Waals surface area contributed by atoms with Crippen LogP contribution in [0.25, 0.3) is 0 Å². The second-order valence-electron chi connectivity index (χ2n) is 6.28. The van der Waals surface area contributed by atoms with E-state index in [0.717, 1.165) is 6.42 Å². The fourth-order valence-electron chi connectivity index (χ4n) is 3.33. The average Bonchev–Trinajstić information content (AvgIpc) is 3.01. The monoisotopic (exact) mass is 339 g/mol. The van der Waals surface area contributed by atoms with Crippen LogP contribution in [0.5, 0.6) is 0 Å². The molecule has 2 heterocycles. The zero-order valence-corrected chi connectivity index (χ0v) is 14.0. The molecular formula is C17H22ClNO4. The van der Waals surface area contributed by atoms with Crippen LogP contribution in [0.15, 0.2) is 24.3 Å². The Morgan fingerprint density at radius 3 is 2.96 bits per heavy atom. The largest absolute Gasteiger partial charge is 0.378 e. The molecule has 1 N–H and O–H groups in total. The smallest absolute Gasteiger partial charge is 0.259 e. The summed E-state index contributed by atoms with van der Waals surface area (Å²) in [5.41, 5.74) is -1.46. The van der Waals surface area contributed by atoms with Gasteiger partial charge in [-0.15, -0.1) is 0 Å². The molecule has 0 aromatic heterocycles. The molecule has 2 fully saturated rings. The molecule has 2 aliphatic rings. The Kier molecular flexibility index (Phi) is 4.65. The summed E-state index contributed by atoms with van der Waals surface area (Å²) < 4.78 is 11.3. The van der Waals surface area contributed by atoms with Crippen LogP contribution < -0.4 is 0 Å². The molecular weight excluding hydrogens is 318 g/mol. The molecule has 1 aromatic rings. The molecule has 1 spiro atoms. The van der Waals surface area contributed by atoms with E-state index in [4.69, 9.17) is 21.1 Å². The molecule has 1 aromatic carbocycles. The predicted octanol–water partition coefficient (Wildman–Crippen LogP) is 1.96. The van der Waals surface area contributed by atoms with Gasteiger partial charge in [-0.3, -0.25) is 4.79 Å². The van der Waals surface area contributed by atoms with Crippen LogP contribution in [0.1, 0.15) is 25.3 Å². The minimum Gasteiger partial charge on any atom is -0.378 e. The third-order valence-electron chi connectivity index (χ3n) is 4.77. The maximum Gasteiger partial charge on any atom is 0.259 e. The summed E-state index contributed by atoms with van der Waals surface area (Å²) in [6.07, 6.45) is 1.06. The van der Waals surface area contributed by atoms with Crippen molar-refractivity contribution in [1.29, 1.82) is 0 Å². The number of halogens is 1. The molecule has 0 radical (unpaired) electrons. The first-order valence-electron chi connectivity index (χ1n) is 7.99. The summed E-state index contributed by atoms with van der Waals surface area (Å²) in [6.45, 7) is 4.34. The molecule has 0 bridgehead atoms. The van der Waals surface area contributed by atoms with Gasteiger partial charge in [-0.2, -0.15) is 0 Å². The Balaban J connectivity index is 1.84. The number of benzene rings is 1. The number of carbonyl (C=O) groups excluding carboxylic acids is 1. The van der Waals surface area contributed by atoms with Gasteiger partial charge in [0.25, 0.3) is 5.91 Å². The molecule has 2 aliphatic heterocycles. The summed E-state index contributed by atoms with van der Waals surface area (Å²) in [7, 11) is 0. The van der Waals surface area contributed by atoms with Crippen molar-refractivity contribution in [2.24, 2.45) is 0 Å². The Hall–Kier alpha value is -1.14. The van der Waals surface area contributed by atoms with Crippen molar-refractivity contribution >= 4 is 17.5 Å². The van der Waals surface area contributed by atoms with Crippen molar-refractivity contribution in [2.75, 3.05) is 32.9 Å². The zero-order chi connectivity index (χ0) is 16.5. The van der Waals surface area contributed by atoms with Crippen molar-refractivity contribution in [2.45, 2.75) is 31.0 Å². The number of carbonyl (C=O) groups is 1. The van der Waals surface area contributed by atoms with Crippen LogP contribution in [-0.4, -0.2) is 54.4 Å². The van der Waals surface area contributed by atoms with E-state index in [-0.39, 0.29) is 12.3 Å². The van der Waals surface area contributed by atoms with Gasteiger partial charge >= 0.3 is 0 Å². The number of aliphatic hydroxyl groups is 1. The van der Waals surface area contributed by atoms with Crippen molar-refractivity contribution in [3.63, 3.8) is 0 Å². The highest BCUT2D eigenvalue weighted by atomic mass is 35.5. The number of hydrogen-bond acceptors (Lipinski definition) is 4. The van der Waals surface area contributed by atoms with E-state index in [0.29, 0.717) is 43.5 Å². The van der Waals surface area contributed by atoms with E-state index in [1.807, 2.05) is 0 Å². The fourth-order valence-corrected chi connectivity index (χ4v) is 3.52. The van der Waals surface area contributed by atoms with Gasteiger partial charge in [-0.1, -0.05) is 30.7 Å². The first kappa shape index (κ1) is 16.7. The summed E-state index contributed by atoms with van der Waals surface area (Å²) in [5.74, 6) is -0.295. The lowest BCUT2D eigenvalue weighted by Gasteiger charge is -2.42. The third-order valence-corrected chi connectivity index (χ3v) is 5.01. The van der Waals surface area contributed by atoms with Gasteiger partial charge in [0.2, 0.25) is 0 Å². The van der Waals surface area contributed by atoms with Gasteiger partial charge in [-0.05, 0) is 24.1 Å². The second-order valence-corrected chi connectivity index (χ2v) is 6.72. The molecule has 126 valence electrons. The standard InChI is InChI=1S/C17H22ClNO4/c1-2-17(21,13-4-3-5-14(18)10-13)15(20)19-7-9-23-16(11-19)6-8-22-12-16/h3-5,10,21H,2,6-9,11-12H2,1H3/t16-,17-/m1/s1. The van der Waals surface area contributed by atoms with Gasteiger partial charge in [-0.25, -0.2) is 0 Å². The van der Waals surface area contributed by atoms with Crippen LogP contribution in [0, 0.1) is 0 Å². The molecule has 23 heavy (non-hydrogen) atoms. The first-order chi connectivity index (χ1) is 11.0. The molecule has 0 saturated carbocycles. The number of hydrogen-bond donors (Lipinski definition) is 1. The average molecular weight is 340 g/mol. The summed E-state index contributed by atoms with van der Waals surface area (Å²) in [6, 6.07) is 6.86. The number of ether oxygens (including phenoxy) is 2. The van der Waals surface area contributed by atoms with E-state index >= 15 is 0 Å². The van der Waals surface area contributed by atoms with Crippen LogP contribution in [0.2, 0.25) is 5.02 Å². The topological polar surface area (TPSA) is 59.0 Å². The number of morpholine rings is 1. The zero-order valence-electron chi connectivity index (χ0n) is 13.3. The van der Waals surface area contributed by atoms with Crippen molar-refractivity contribution in [1.82, 2.24) is 4.90 Å². The van der Waals surface area contributed by atoms with Gasteiger partial charge in [0.1, 0.15) is 5.60 Å². The molecule has 5 nitrogen and oxygen atoms in total. The van der Waals surface area contributed by atoms with Gasteiger partial charge in [0.05, 0.1) is 19.8 Å². The molecule has 6 heteroatoms. The minimum absolute atomic E-state index is 0.285.